The molecule has 2 heteroatoms. The molecule has 1 aliphatic rings. The number of hydrogen-bond acceptors (Lipinski definition) is 1. The zero-order valence-corrected chi connectivity index (χ0v) is 9.16. The standard InChI is InChI=1S/C14H13FO/c1-16-14(8-9-14)12-6-7-13(15)11-5-3-2-4-10(11)12/h2-7H,8-9H2,1H3. The lowest BCUT2D eigenvalue weighted by molar-refractivity contribution is 0.0801. The Morgan fingerprint density at radius 3 is 2.38 bits per heavy atom. The molecule has 2 aromatic carbocycles. The number of methoxy groups -OCH3 is 1. The minimum Gasteiger partial charge on any atom is -0.374 e. The van der Waals surface area contributed by atoms with Gasteiger partial charge in [-0.15, -0.1) is 0 Å². The second-order valence-corrected chi connectivity index (χ2v) is 4.34. The molecule has 0 heterocycles. The van der Waals surface area contributed by atoms with Crippen molar-refractivity contribution in [3.05, 3.63) is 47.8 Å². The van der Waals surface area contributed by atoms with Crippen LogP contribution >= 0.6 is 0 Å². The summed E-state index contributed by atoms with van der Waals surface area (Å²) in [5, 5.41) is 1.66. The van der Waals surface area contributed by atoms with Crippen molar-refractivity contribution in [3.63, 3.8) is 0 Å². The predicted molar refractivity (Wildman–Crippen MR) is 61.8 cm³/mol. The molecule has 0 atom stereocenters. The number of hydrogen-bond donors (Lipinski definition) is 0. The van der Waals surface area contributed by atoms with E-state index < -0.39 is 0 Å². The Morgan fingerprint density at radius 1 is 1.06 bits per heavy atom. The molecule has 0 spiro atoms. The predicted octanol–water partition coefficient (Wildman–Crippen LogP) is 3.61. The van der Waals surface area contributed by atoms with Crippen molar-refractivity contribution >= 4 is 10.8 Å². The third-order valence-electron chi connectivity index (χ3n) is 3.46. The van der Waals surface area contributed by atoms with Crippen LogP contribution in [0.1, 0.15) is 18.4 Å². The van der Waals surface area contributed by atoms with Crippen molar-refractivity contribution in [2.45, 2.75) is 18.4 Å². The van der Waals surface area contributed by atoms with Gasteiger partial charge in [-0.25, -0.2) is 4.39 Å². The van der Waals surface area contributed by atoms with Gasteiger partial charge in [0.2, 0.25) is 0 Å². The quantitative estimate of drug-likeness (QED) is 0.745. The Kier molecular flexibility index (Phi) is 2.01. The Balaban J connectivity index is 2.30. The average Bonchev–Trinajstić information content (AvgIpc) is 3.11. The lowest BCUT2D eigenvalue weighted by Gasteiger charge is -2.16. The number of halogens is 1. The van der Waals surface area contributed by atoms with E-state index >= 15 is 0 Å². The highest BCUT2D eigenvalue weighted by Gasteiger charge is 2.45. The third-order valence-corrected chi connectivity index (χ3v) is 3.46. The van der Waals surface area contributed by atoms with E-state index in [4.69, 9.17) is 4.74 Å². The van der Waals surface area contributed by atoms with Gasteiger partial charge in [-0.1, -0.05) is 30.3 Å². The van der Waals surface area contributed by atoms with Gasteiger partial charge in [0.05, 0.1) is 5.60 Å². The van der Waals surface area contributed by atoms with Crippen LogP contribution in [-0.4, -0.2) is 7.11 Å². The molecule has 82 valence electrons. The van der Waals surface area contributed by atoms with Gasteiger partial charge >= 0.3 is 0 Å². The van der Waals surface area contributed by atoms with Gasteiger partial charge in [0.25, 0.3) is 0 Å². The molecule has 2 aromatic rings. The minimum absolute atomic E-state index is 0.159. The van der Waals surface area contributed by atoms with Crippen molar-refractivity contribution in [2.75, 3.05) is 7.11 Å². The Morgan fingerprint density at radius 2 is 1.75 bits per heavy atom. The summed E-state index contributed by atoms with van der Waals surface area (Å²) in [7, 11) is 1.73. The van der Waals surface area contributed by atoms with Crippen LogP contribution < -0.4 is 0 Å². The number of rotatable bonds is 2. The van der Waals surface area contributed by atoms with E-state index in [1.165, 1.54) is 6.07 Å². The summed E-state index contributed by atoms with van der Waals surface area (Å²) in [6, 6.07) is 11.0. The highest BCUT2D eigenvalue weighted by molar-refractivity contribution is 5.87. The van der Waals surface area contributed by atoms with Gasteiger partial charge in [0.1, 0.15) is 5.82 Å². The first-order valence-electron chi connectivity index (χ1n) is 5.50. The van der Waals surface area contributed by atoms with Crippen LogP contribution in [0.25, 0.3) is 10.8 Å². The van der Waals surface area contributed by atoms with Crippen LogP contribution in [0.4, 0.5) is 4.39 Å². The smallest absolute Gasteiger partial charge is 0.131 e. The van der Waals surface area contributed by atoms with Gasteiger partial charge < -0.3 is 4.74 Å². The first-order valence-corrected chi connectivity index (χ1v) is 5.50. The molecule has 1 fully saturated rings. The van der Waals surface area contributed by atoms with E-state index in [-0.39, 0.29) is 11.4 Å². The molecule has 0 aliphatic heterocycles. The molecule has 0 radical (unpaired) electrons. The minimum atomic E-state index is -0.161. The molecule has 0 aromatic heterocycles. The lowest BCUT2D eigenvalue weighted by Crippen LogP contribution is -2.09. The third kappa shape index (κ3) is 1.26. The normalized spacial score (nSPS) is 17.6. The molecule has 1 aliphatic carbocycles. The fraction of sp³-hybridized carbons (Fsp3) is 0.286. The maximum absolute atomic E-state index is 13.6. The zero-order valence-electron chi connectivity index (χ0n) is 9.16. The van der Waals surface area contributed by atoms with Crippen LogP contribution in [0.3, 0.4) is 0 Å². The summed E-state index contributed by atoms with van der Waals surface area (Å²) in [5.74, 6) is -0.161. The zero-order chi connectivity index (χ0) is 11.2. The van der Waals surface area contributed by atoms with E-state index in [2.05, 4.69) is 0 Å². The molecule has 1 nitrogen and oxygen atoms in total. The first kappa shape index (κ1) is 9.79. The summed E-state index contributed by atoms with van der Waals surface area (Å²) in [4.78, 5) is 0. The molecule has 0 unspecified atom stereocenters. The fourth-order valence-electron chi connectivity index (χ4n) is 2.36. The second-order valence-electron chi connectivity index (χ2n) is 4.34. The van der Waals surface area contributed by atoms with Gasteiger partial charge in [-0.2, -0.15) is 0 Å². The van der Waals surface area contributed by atoms with Crippen LogP contribution in [0.5, 0.6) is 0 Å². The monoisotopic (exact) mass is 216 g/mol. The maximum Gasteiger partial charge on any atom is 0.131 e. The summed E-state index contributed by atoms with van der Waals surface area (Å²) in [6.07, 6.45) is 2.05. The average molecular weight is 216 g/mol. The van der Waals surface area contributed by atoms with Gasteiger partial charge in [-0.05, 0) is 29.9 Å². The summed E-state index contributed by atoms with van der Waals surface area (Å²) >= 11 is 0. The van der Waals surface area contributed by atoms with Crippen LogP contribution in [0.2, 0.25) is 0 Å². The van der Waals surface area contributed by atoms with Crippen LogP contribution in [0.15, 0.2) is 36.4 Å². The summed E-state index contributed by atoms with van der Waals surface area (Å²) in [6.45, 7) is 0. The molecular formula is C14H13FO. The van der Waals surface area contributed by atoms with E-state index in [1.54, 1.807) is 7.11 Å². The molecule has 16 heavy (non-hydrogen) atoms. The maximum atomic E-state index is 13.6. The van der Waals surface area contributed by atoms with E-state index in [1.807, 2.05) is 30.3 Å². The van der Waals surface area contributed by atoms with E-state index in [0.717, 1.165) is 23.8 Å². The number of fused-ring (bicyclic) bond motifs is 1. The molecular weight excluding hydrogens is 203 g/mol. The SMILES string of the molecule is COC1(c2ccc(F)c3ccccc23)CC1. The molecule has 0 saturated heterocycles. The fourth-order valence-corrected chi connectivity index (χ4v) is 2.36. The van der Waals surface area contributed by atoms with Crippen molar-refractivity contribution in [1.29, 1.82) is 0 Å². The Hall–Kier alpha value is -1.41. The highest BCUT2D eigenvalue weighted by atomic mass is 19.1. The second kappa shape index (κ2) is 3.29. The van der Waals surface area contributed by atoms with Crippen molar-refractivity contribution in [3.8, 4) is 0 Å². The molecule has 0 bridgehead atoms. The largest absolute Gasteiger partial charge is 0.374 e. The van der Waals surface area contributed by atoms with Crippen LogP contribution in [-0.2, 0) is 10.3 Å². The van der Waals surface area contributed by atoms with Gasteiger partial charge in [-0.3, -0.25) is 0 Å². The Bertz CT molecular complexity index is 543. The molecule has 3 rings (SSSR count). The number of benzene rings is 2. The first-order chi connectivity index (χ1) is 7.77. The van der Waals surface area contributed by atoms with Crippen molar-refractivity contribution < 1.29 is 9.13 Å². The van der Waals surface area contributed by atoms with E-state index in [9.17, 15) is 4.39 Å². The molecule has 0 amide bonds. The Labute approximate surface area is 93.8 Å². The molecule has 0 N–H and O–H groups in total. The summed E-state index contributed by atoms with van der Waals surface area (Å²) in [5.41, 5.74) is 0.958. The van der Waals surface area contributed by atoms with Crippen molar-refractivity contribution in [2.24, 2.45) is 0 Å². The van der Waals surface area contributed by atoms with Crippen LogP contribution in [0, 0.1) is 5.82 Å². The highest BCUT2D eigenvalue weighted by Crippen LogP contribution is 2.50. The van der Waals surface area contributed by atoms with Crippen molar-refractivity contribution in [1.82, 2.24) is 0 Å². The van der Waals surface area contributed by atoms with E-state index in [0.29, 0.717) is 5.39 Å². The lowest BCUT2D eigenvalue weighted by atomic mass is 9.98. The summed E-state index contributed by atoms with van der Waals surface area (Å²) < 4.78 is 19.2. The topological polar surface area (TPSA) is 9.23 Å². The van der Waals surface area contributed by atoms with Gasteiger partial charge in [0, 0.05) is 12.5 Å². The number of ether oxygens (including phenoxy) is 1. The van der Waals surface area contributed by atoms with Gasteiger partial charge in [0.15, 0.2) is 0 Å². The molecule has 1 saturated carbocycles.